The summed E-state index contributed by atoms with van der Waals surface area (Å²) in [5, 5.41) is 16.0. The zero-order chi connectivity index (χ0) is 23.6. The van der Waals surface area contributed by atoms with E-state index in [4.69, 9.17) is 22.3 Å². The number of hydrogen-bond acceptors (Lipinski definition) is 7. The van der Waals surface area contributed by atoms with Gasteiger partial charge in [0.15, 0.2) is 0 Å². The smallest absolute Gasteiger partial charge is 0.326 e. The van der Waals surface area contributed by atoms with Crippen LogP contribution in [0, 0.1) is 5.92 Å². The Bertz CT molecular complexity index is 684. The Kier molecular flexibility index (Phi) is 11.0. The molecule has 0 rings (SSSR count). The molecule has 0 aliphatic heterocycles. The molecule has 0 aromatic heterocycles. The molecule has 10 N–H and O–H groups in total. The molecule has 0 aromatic rings. The minimum Gasteiger partial charge on any atom is -0.480 e. The molecule has 0 spiro atoms. The number of nitrogens with two attached hydrogens (primary N) is 3. The lowest BCUT2D eigenvalue weighted by atomic mass is 9.97. The molecular formula is C17H30N6O7. The van der Waals surface area contributed by atoms with Gasteiger partial charge in [-0.15, -0.1) is 0 Å². The Labute approximate surface area is 173 Å². The second-order valence-electron chi connectivity index (χ2n) is 6.95. The van der Waals surface area contributed by atoms with Crippen LogP contribution >= 0.6 is 0 Å². The molecule has 0 aliphatic carbocycles. The van der Waals surface area contributed by atoms with Crippen molar-refractivity contribution < 1.29 is 33.9 Å². The van der Waals surface area contributed by atoms with E-state index in [-0.39, 0.29) is 0 Å². The maximum Gasteiger partial charge on any atom is 0.326 e. The van der Waals surface area contributed by atoms with Gasteiger partial charge in [-0.2, -0.15) is 0 Å². The van der Waals surface area contributed by atoms with Gasteiger partial charge >= 0.3 is 5.97 Å². The highest BCUT2D eigenvalue weighted by atomic mass is 16.4. The zero-order valence-corrected chi connectivity index (χ0v) is 17.1. The standard InChI is InChI=1S/C17H30N6O7/c1-4-7(2)13(16(28)22-10(17(29)30)6-12(20)25)23-14(26)8(3)21-15(27)9(18)5-11(19)24/h7-10,13H,4-6,18H2,1-3H3,(H2,19,24)(H2,20,25)(H,21,27)(H,22,28)(H,23,26)(H,29,30). The fourth-order valence-corrected chi connectivity index (χ4v) is 2.34. The van der Waals surface area contributed by atoms with Crippen LogP contribution in [0.1, 0.15) is 40.0 Å². The lowest BCUT2D eigenvalue weighted by Crippen LogP contribution is -2.58. The first kappa shape index (κ1) is 26.8. The van der Waals surface area contributed by atoms with Crippen molar-refractivity contribution in [3.05, 3.63) is 0 Å². The van der Waals surface area contributed by atoms with E-state index in [9.17, 15) is 28.8 Å². The van der Waals surface area contributed by atoms with Crippen molar-refractivity contribution in [2.24, 2.45) is 23.1 Å². The molecule has 0 heterocycles. The second kappa shape index (κ2) is 12.4. The highest BCUT2D eigenvalue weighted by Gasteiger charge is 2.32. The predicted molar refractivity (Wildman–Crippen MR) is 104 cm³/mol. The average molecular weight is 430 g/mol. The number of carbonyl (C=O) groups excluding carboxylic acids is 5. The molecule has 13 heteroatoms. The van der Waals surface area contributed by atoms with Crippen molar-refractivity contribution in [3.8, 4) is 0 Å². The van der Waals surface area contributed by atoms with Crippen molar-refractivity contribution in [2.45, 2.75) is 64.2 Å². The van der Waals surface area contributed by atoms with Gasteiger partial charge in [0.1, 0.15) is 18.1 Å². The summed E-state index contributed by atoms with van der Waals surface area (Å²) < 4.78 is 0. The first-order chi connectivity index (χ1) is 13.8. The Hall–Kier alpha value is -3.22. The van der Waals surface area contributed by atoms with E-state index in [0.717, 1.165) is 0 Å². The van der Waals surface area contributed by atoms with E-state index in [1.807, 2.05) is 0 Å². The van der Waals surface area contributed by atoms with E-state index in [1.54, 1.807) is 13.8 Å². The van der Waals surface area contributed by atoms with Gasteiger partial charge in [-0.1, -0.05) is 20.3 Å². The summed E-state index contributed by atoms with van der Waals surface area (Å²) in [5.74, 6) is -5.92. The summed E-state index contributed by atoms with van der Waals surface area (Å²) >= 11 is 0. The molecule has 30 heavy (non-hydrogen) atoms. The van der Waals surface area contributed by atoms with Crippen molar-refractivity contribution in [2.75, 3.05) is 0 Å². The normalized spacial score (nSPS) is 15.6. The van der Waals surface area contributed by atoms with Gasteiger partial charge in [-0.3, -0.25) is 24.0 Å². The van der Waals surface area contributed by atoms with Crippen LogP contribution in [-0.2, 0) is 28.8 Å². The number of primary amides is 2. The van der Waals surface area contributed by atoms with Gasteiger partial charge in [0.25, 0.3) is 0 Å². The topological polar surface area (TPSA) is 237 Å². The molecule has 5 atom stereocenters. The molecule has 5 amide bonds. The highest BCUT2D eigenvalue weighted by Crippen LogP contribution is 2.09. The van der Waals surface area contributed by atoms with Crippen LogP contribution < -0.4 is 33.2 Å². The van der Waals surface area contributed by atoms with Crippen molar-refractivity contribution in [3.63, 3.8) is 0 Å². The van der Waals surface area contributed by atoms with Gasteiger partial charge in [0.2, 0.25) is 29.5 Å². The molecule has 5 unspecified atom stereocenters. The number of amides is 5. The maximum absolute atomic E-state index is 12.5. The molecule has 0 aliphatic rings. The molecule has 0 fully saturated rings. The third-order valence-corrected chi connectivity index (χ3v) is 4.32. The van der Waals surface area contributed by atoms with Gasteiger partial charge in [-0.25, -0.2) is 4.79 Å². The number of aliphatic carboxylic acids is 1. The molecule has 0 aromatic carbocycles. The van der Waals surface area contributed by atoms with E-state index in [2.05, 4.69) is 16.0 Å². The number of carbonyl (C=O) groups is 6. The van der Waals surface area contributed by atoms with E-state index in [0.29, 0.717) is 6.42 Å². The first-order valence-electron chi connectivity index (χ1n) is 9.26. The lowest BCUT2D eigenvalue weighted by Gasteiger charge is -2.27. The largest absolute Gasteiger partial charge is 0.480 e. The van der Waals surface area contributed by atoms with Crippen molar-refractivity contribution >= 4 is 35.5 Å². The second-order valence-corrected chi connectivity index (χ2v) is 6.95. The summed E-state index contributed by atoms with van der Waals surface area (Å²) in [6.07, 6.45) is -0.572. The van der Waals surface area contributed by atoms with Crippen LogP contribution in [-0.4, -0.2) is 64.8 Å². The monoisotopic (exact) mass is 430 g/mol. The van der Waals surface area contributed by atoms with Gasteiger partial charge in [-0.05, 0) is 12.8 Å². The highest BCUT2D eigenvalue weighted by molar-refractivity contribution is 5.95. The van der Waals surface area contributed by atoms with Crippen LogP contribution in [0.2, 0.25) is 0 Å². The van der Waals surface area contributed by atoms with Crippen molar-refractivity contribution in [1.29, 1.82) is 0 Å². The van der Waals surface area contributed by atoms with Crippen LogP contribution in [0.15, 0.2) is 0 Å². The number of nitrogens with one attached hydrogen (secondary N) is 3. The fourth-order valence-electron chi connectivity index (χ4n) is 2.34. The van der Waals surface area contributed by atoms with Gasteiger partial charge < -0.3 is 38.3 Å². The summed E-state index contributed by atoms with van der Waals surface area (Å²) in [5.41, 5.74) is 15.5. The molecule has 0 radical (unpaired) electrons. The molecule has 0 saturated carbocycles. The number of carboxylic acids is 1. The summed E-state index contributed by atoms with van der Waals surface area (Å²) in [6, 6.07) is -5.05. The summed E-state index contributed by atoms with van der Waals surface area (Å²) in [4.78, 5) is 70.0. The minimum absolute atomic E-state index is 0.406. The van der Waals surface area contributed by atoms with E-state index >= 15 is 0 Å². The maximum atomic E-state index is 12.5. The molecule has 13 nitrogen and oxygen atoms in total. The SMILES string of the molecule is CCC(C)C(NC(=O)C(C)NC(=O)C(N)CC(N)=O)C(=O)NC(CC(N)=O)C(=O)O. The van der Waals surface area contributed by atoms with Gasteiger partial charge in [0, 0.05) is 0 Å². The van der Waals surface area contributed by atoms with Crippen LogP contribution in [0.4, 0.5) is 0 Å². The Morgan fingerprint density at radius 1 is 0.833 bits per heavy atom. The van der Waals surface area contributed by atoms with Crippen LogP contribution in [0.5, 0.6) is 0 Å². The molecule has 0 bridgehead atoms. The van der Waals surface area contributed by atoms with Crippen LogP contribution in [0.3, 0.4) is 0 Å². The van der Waals surface area contributed by atoms with Crippen molar-refractivity contribution in [1.82, 2.24) is 16.0 Å². The van der Waals surface area contributed by atoms with Gasteiger partial charge in [0.05, 0.1) is 18.9 Å². The molecule has 170 valence electrons. The summed E-state index contributed by atoms with van der Waals surface area (Å²) in [6.45, 7) is 4.74. The molecule has 0 saturated heterocycles. The fraction of sp³-hybridized carbons (Fsp3) is 0.647. The van der Waals surface area contributed by atoms with E-state index < -0.39 is 78.4 Å². The Morgan fingerprint density at radius 3 is 1.80 bits per heavy atom. The summed E-state index contributed by atoms with van der Waals surface area (Å²) in [7, 11) is 0. The van der Waals surface area contributed by atoms with Crippen LogP contribution in [0.25, 0.3) is 0 Å². The third kappa shape index (κ3) is 9.32. The predicted octanol–water partition coefficient (Wildman–Crippen LogP) is -3.33. The Morgan fingerprint density at radius 2 is 1.37 bits per heavy atom. The Balaban J connectivity index is 5.19. The quantitative estimate of drug-likeness (QED) is 0.155. The number of carboxylic acid groups (broad SMARTS) is 1. The zero-order valence-electron chi connectivity index (χ0n) is 17.1. The number of rotatable bonds is 13. The number of hydrogen-bond donors (Lipinski definition) is 7. The molecular weight excluding hydrogens is 400 g/mol. The lowest BCUT2D eigenvalue weighted by molar-refractivity contribution is -0.144. The average Bonchev–Trinajstić information content (AvgIpc) is 2.63. The first-order valence-corrected chi connectivity index (χ1v) is 9.26. The third-order valence-electron chi connectivity index (χ3n) is 4.32. The minimum atomic E-state index is -1.55. The van der Waals surface area contributed by atoms with E-state index in [1.165, 1.54) is 6.92 Å².